The number of halogens is 1. The average Bonchev–Trinajstić information content (AvgIpc) is 3.43. The van der Waals surface area contributed by atoms with Crippen molar-refractivity contribution in [1.29, 1.82) is 0 Å². The van der Waals surface area contributed by atoms with Crippen LogP contribution in [0.4, 0.5) is 4.39 Å². The summed E-state index contributed by atoms with van der Waals surface area (Å²) in [6.07, 6.45) is 5.12. The van der Waals surface area contributed by atoms with Crippen molar-refractivity contribution in [3.8, 4) is 0 Å². The van der Waals surface area contributed by atoms with Gasteiger partial charge < -0.3 is 5.11 Å². The van der Waals surface area contributed by atoms with Gasteiger partial charge in [-0.05, 0) is 23.3 Å². The minimum absolute atomic E-state index is 0.167. The lowest BCUT2D eigenvalue weighted by Gasteiger charge is -2.41. The van der Waals surface area contributed by atoms with Crippen LogP contribution < -0.4 is 5.01 Å². The highest BCUT2D eigenvalue weighted by atomic mass is 19.1. The topological polar surface area (TPSA) is 91.6 Å². The summed E-state index contributed by atoms with van der Waals surface area (Å²) in [5.74, 6) is -1.78. The number of fused-ring (bicyclic) bond motifs is 1. The molecule has 0 aliphatic carbocycles. The summed E-state index contributed by atoms with van der Waals surface area (Å²) in [6.45, 7) is 0.167. The third kappa shape index (κ3) is 3.36. The minimum atomic E-state index is -1.08. The maximum Gasteiger partial charge on any atom is 0.255 e. The Balaban J connectivity index is 1.51. The molecule has 2 amide bonds. The van der Waals surface area contributed by atoms with Crippen molar-refractivity contribution < 1.29 is 19.1 Å². The van der Waals surface area contributed by atoms with Gasteiger partial charge >= 0.3 is 0 Å². The van der Waals surface area contributed by atoms with Crippen LogP contribution in [0.1, 0.15) is 17.2 Å². The molecule has 5 rings (SSSR count). The Morgan fingerprint density at radius 3 is 2.31 bits per heavy atom. The van der Waals surface area contributed by atoms with Crippen LogP contribution in [0.3, 0.4) is 0 Å². The maximum atomic E-state index is 13.5. The molecule has 3 aromatic rings. The molecule has 162 valence electrons. The van der Waals surface area contributed by atoms with E-state index in [1.807, 2.05) is 30.3 Å². The largest absolute Gasteiger partial charge is 0.386 e. The zero-order valence-electron chi connectivity index (χ0n) is 16.9. The van der Waals surface area contributed by atoms with Crippen LogP contribution >= 0.6 is 0 Å². The molecule has 0 saturated carbocycles. The summed E-state index contributed by atoms with van der Waals surface area (Å²) < 4.78 is 14.9. The van der Waals surface area contributed by atoms with E-state index in [1.165, 1.54) is 46.5 Å². The highest BCUT2D eigenvalue weighted by Gasteiger charge is 2.53. The van der Waals surface area contributed by atoms with E-state index in [9.17, 15) is 19.1 Å². The number of hydrogen-bond donors (Lipinski definition) is 1. The van der Waals surface area contributed by atoms with Gasteiger partial charge in [-0.1, -0.05) is 54.6 Å². The Morgan fingerprint density at radius 2 is 1.62 bits per heavy atom. The summed E-state index contributed by atoms with van der Waals surface area (Å²) in [5.41, 5.74) is 1.33. The molecular formula is C23H20FN5O3. The minimum Gasteiger partial charge on any atom is -0.386 e. The van der Waals surface area contributed by atoms with Gasteiger partial charge in [0, 0.05) is 0 Å². The highest BCUT2D eigenvalue weighted by Crippen LogP contribution is 2.35. The number of aliphatic hydroxyl groups excluding tert-OH is 1. The summed E-state index contributed by atoms with van der Waals surface area (Å²) in [5, 5.41) is 20.4. The molecule has 8 nitrogen and oxygen atoms in total. The monoisotopic (exact) mass is 433 g/mol. The van der Waals surface area contributed by atoms with Gasteiger partial charge in [-0.3, -0.25) is 19.5 Å². The van der Waals surface area contributed by atoms with Crippen LogP contribution in [-0.2, 0) is 16.1 Å². The molecule has 4 unspecified atom stereocenters. The predicted molar refractivity (Wildman–Crippen MR) is 112 cm³/mol. The van der Waals surface area contributed by atoms with Crippen LogP contribution in [0.15, 0.2) is 79.4 Å². The molecule has 2 aliphatic rings. The second kappa shape index (κ2) is 8.01. The smallest absolute Gasteiger partial charge is 0.255 e. The molecule has 1 N–H and O–H groups in total. The molecule has 2 aliphatic heterocycles. The van der Waals surface area contributed by atoms with E-state index in [2.05, 4.69) is 10.2 Å². The van der Waals surface area contributed by atoms with E-state index >= 15 is 0 Å². The third-order valence-corrected chi connectivity index (χ3v) is 5.91. The molecule has 0 bridgehead atoms. The number of likely N-dealkylation sites (tertiary alicyclic amines) is 1. The Bertz CT molecular complexity index is 1150. The molecule has 9 heteroatoms. The van der Waals surface area contributed by atoms with Crippen LogP contribution in [0, 0.1) is 11.7 Å². The van der Waals surface area contributed by atoms with E-state index in [-0.39, 0.29) is 18.4 Å². The number of aliphatic hydroxyl groups is 1. The van der Waals surface area contributed by atoms with Crippen molar-refractivity contribution in [2.24, 2.45) is 5.92 Å². The van der Waals surface area contributed by atoms with Gasteiger partial charge in [0.25, 0.3) is 5.91 Å². The van der Waals surface area contributed by atoms with Crippen molar-refractivity contribution in [3.63, 3.8) is 0 Å². The number of amides is 2. The van der Waals surface area contributed by atoms with Crippen molar-refractivity contribution in [2.75, 3.05) is 5.01 Å². The molecule has 32 heavy (non-hydrogen) atoms. The molecule has 1 aromatic heterocycles. The van der Waals surface area contributed by atoms with Gasteiger partial charge in [0.1, 0.15) is 30.6 Å². The fourth-order valence-electron chi connectivity index (χ4n) is 4.35. The highest BCUT2D eigenvalue weighted by molar-refractivity contribution is 6.09. The van der Waals surface area contributed by atoms with Gasteiger partial charge in [0.2, 0.25) is 5.91 Å². The van der Waals surface area contributed by atoms with Gasteiger partial charge in [0.15, 0.2) is 0 Å². The van der Waals surface area contributed by atoms with Gasteiger partial charge in [0.05, 0.1) is 18.5 Å². The van der Waals surface area contributed by atoms with Crippen LogP contribution in [-0.4, -0.2) is 48.8 Å². The first-order valence-corrected chi connectivity index (χ1v) is 10.2. The fraction of sp³-hybridized carbons (Fsp3) is 0.217. The van der Waals surface area contributed by atoms with E-state index in [0.29, 0.717) is 5.56 Å². The first kappa shape index (κ1) is 20.1. The molecule has 0 radical (unpaired) electrons. The summed E-state index contributed by atoms with van der Waals surface area (Å²) in [4.78, 5) is 27.8. The van der Waals surface area contributed by atoms with Crippen LogP contribution in [0.2, 0.25) is 0 Å². The lowest BCUT2D eigenvalue weighted by atomic mass is 9.90. The second-order valence-corrected chi connectivity index (χ2v) is 7.81. The zero-order chi connectivity index (χ0) is 22.2. The molecule has 1 saturated heterocycles. The molecule has 0 spiro atoms. The van der Waals surface area contributed by atoms with Gasteiger partial charge in [-0.15, -0.1) is 10.2 Å². The Kier molecular flexibility index (Phi) is 5.02. The number of rotatable bonds is 5. The first-order valence-electron chi connectivity index (χ1n) is 10.2. The number of carbonyl (C=O) groups is 2. The number of benzene rings is 2. The van der Waals surface area contributed by atoms with E-state index in [4.69, 9.17) is 0 Å². The van der Waals surface area contributed by atoms with Crippen molar-refractivity contribution >= 4 is 11.8 Å². The van der Waals surface area contributed by atoms with Gasteiger partial charge in [-0.25, -0.2) is 9.07 Å². The SMILES string of the molecule is O=C1C2C=CC(C(O)c3ccc(F)cc3)N(n3cnnc3)C2C(=O)N1Cc1ccccc1. The maximum absolute atomic E-state index is 13.5. The Hall–Kier alpha value is -3.85. The number of imide groups is 1. The quantitative estimate of drug-likeness (QED) is 0.485. The average molecular weight is 433 g/mol. The molecular weight excluding hydrogens is 413 g/mol. The lowest BCUT2D eigenvalue weighted by molar-refractivity contribution is -0.139. The standard InChI is InChI=1S/C23H20FN5O3/c24-17-8-6-16(7-9-17)21(30)19-11-10-18-20(29(19)27-13-25-26-14-27)23(32)28(22(18)31)12-15-4-2-1-3-5-15/h1-11,13-14,18-21,30H,12H2. The summed E-state index contributed by atoms with van der Waals surface area (Å²) in [7, 11) is 0. The zero-order valence-corrected chi connectivity index (χ0v) is 16.9. The second-order valence-electron chi connectivity index (χ2n) is 7.81. The van der Waals surface area contributed by atoms with Crippen molar-refractivity contribution in [1.82, 2.24) is 19.8 Å². The number of hydrogen-bond acceptors (Lipinski definition) is 6. The van der Waals surface area contributed by atoms with Crippen molar-refractivity contribution in [2.45, 2.75) is 24.7 Å². The molecule has 1 fully saturated rings. The lowest BCUT2D eigenvalue weighted by Crippen LogP contribution is -2.58. The molecule has 3 heterocycles. The number of aromatic nitrogens is 3. The summed E-state index contributed by atoms with van der Waals surface area (Å²) in [6, 6.07) is 13.2. The number of nitrogens with zero attached hydrogens (tertiary/aromatic N) is 5. The van der Waals surface area contributed by atoms with E-state index < -0.39 is 29.9 Å². The van der Waals surface area contributed by atoms with E-state index in [0.717, 1.165) is 5.56 Å². The summed E-state index contributed by atoms with van der Waals surface area (Å²) >= 11 is 0. The Morgan fingerprint density at radius 1 is 0.938 bits per heavy atom. The van der Waals surface area contributed by atoms with Crippen LogP contribution in [0.5, 0.6) is 0 Å². The first-order chi connectivity index (χ1) is 15.5. The van der Waals surface area contributed by atoms with Crippen LogP contribution in [0.25, 0.3) is 0 Å². The fourth-order valence-corrected chi connectivity index (χ4v) is 4.35. The van der Waals surface area contributed by atoms with E-state index in [1.54, 1.807) is 17.2 Å². The van der Waals surface area contributed by atoms with Crippen molar-refractivity contribution in [3.05, 3.63) is 96.3 Å². The molecule has 4 atom stereocenters. The normalized spacial score (nSPS) is 23.5. The number of carbonyl (C=O) groups excluding carboxylic acids is 2. The predicted octanol–water partition coefficient (Wildman–Crippen LogP) is 1.58. The third-order valence-electron chi connectivity index (χ3n) is 5.91. The van der Waals surface area contributed by atoms with Gasteiger partial charge in [-0.2, -0.15) is 0 Å². The molecule has 2 aromatic carbocycles. The Labute approximate surface area is 183 Å².